The lowest BCUT2D eigenvalue weighted by molar-refractivity contribution is 0.0786. The van der Waals surface area contributed by atoms with Crippen molar-refractivity contribution in [2.75, 3.05) is 5.75 Å². The Morgan fingerprint density at radius 3 is 1.88 bits per heavy atom. The lowest BCUT2D eigenvalue weighted by atomic mass is 9.80. The van der Waals surface area contributed by atoms with E-state index in [0.717, 1.165) is 37.7 Å². The van der Waals surface area contributed by atoms with E-state index in [1.165, 1.54) is 12.0 Å². The number of rotatable bonds is 6. The van der Waals surface area contributed by atoms with Gasteiger partial charge < -0.3 is 5.11 Å². The minimum atomic E-state index is -3.01. The Hall–Kier alpha value is -0.870. The van der Waals surface area contributed by atoms with Crippen LogP contribution >= 0.6 is 0 Å². The largest absolute Gasteiger partial charge is 0.386 e. The first-order chi connectivity index (χ1) is 11.9. The second kappa shape index (κ2) is 8.02. The Bertz CT molecular complexity index is 668. The third-order valence-electron chi connectivity index (χ3n) is 5.86. The molecular weight excluding hydrogens is 344 g/mol. The minimum absolute atomic E-state index is 0.335. The Kier molecular flexibility index (Phi) is 6.61. The highest BCUT2D eigenvalue weighted by molar-refractivity contribution is 7.92. The van der Waals surface area contributed by atoms with E-state index in [0.29, 0.717) is 17.6 Å². The predicted molar refractivity (Wildman–Crippen MR) is 109 cm³/mol. The van der Waals surface area contributed by atoms with Gasteiger partial charge in [-0.2, -0.15) is 0 Å². The van der Waals surface area contributed by atoms with Crippen LogP contribution in [-0.4, -0.2) is 24.0 Å². The number of sulfone groups is 1. The van der Waals surface area contributed by atoms with Crippen LogP contribution in [0.15, 0.2) is 24.3 Å². The van der Waals surface area contributed by atoms with Crippen LogP contribution in [0.3, 0.4) is 0 Å². The summed E-state index contributed by atoms with van der Waals surface area (Å²) in [5.41, 5.74) is 1.47. The van der Waals surface area contributed by atoms with Crippen molar-refractivity contribution in [2.45, 2.75) is 83.5 Å². The van der Waals surface area contributed by atoms with Crippen molar-refractivity contribution in [1.82, 2.24) is 0 Å². The number of hydrogen-bond acceptors (Lipinski definition) is 3. The highest BCUT2D eigenvalue weighted by Crippen LogP contribution is 2.34. The van der Waals surface area contributed by atoms with Crippen molar-refractivity contribution in [2.24, 2.45) is 11.8 Å². The maximum Gasteiger partial charge on any atom is 0.155 e. The van der Waals surface area contributed by atoms with Crippen molar-refractivity contribution in [3.05, 3.63) is 35.4 Å². The second-order valence-corrected chi connectivity index (χ2v) is 12.4. The van der Waals surface area contributed by atoms with Gasteiger partial charge in [-0.3, -0.25) is 0 Å². The van der Waals surface area contributed by atoms with E-state index in [2.05, 4.69) is 12.1 Å². The molecule has 26 heavy (non-hydrogen) atoms. The van der Waals surface area contributed by atoms with E-state index in [-0.39, 0.29) is 0 Å². The quantitative estimate of drug-likeness (QED) is 0.766. The van der Waals surface area contributed by atoms with Crippen molar-refractivity contribution in [3.63, 3.8) is 0 Å². The fourth-order valence-electron chi connectivity index (χ4n) is 3.70. The molecule has 1 saturated carbocycles. The number of aryl methyl sites for hydroxylation is 1. The third kappa shape index (κ3) is 5.82. The average molecular weight is 381 g/mol. The highest BCUT2D eigenvalue weighted by Gasteiger charge is 2.33. The predicted octanol–water partition coefficient (Wildman–Crippen LogP) is 4.87. The van der Waals surface area contributed by atoms with Crippen molar-refractivity contribution in [3.8, 4) is 0 Å². The zero-order valence-corrected chi connectivity index (χ0v) is 17.9. The van der Waals surface area contributed by atoms with Crippen LogP contribution in [0, 0.1) is 11.8 Å². The van der Waals surface area contributed by atoms with Gasteiger partial charge in [0.1, 0.15) is 0 Å². The van der Waals surface area contributed by atoms with Crippen LogP contribution in [0.25, 0.3) is 0 Å². The standard InChI is InChI=1S/C22H36O3S/c1-21(2,3)26(24,25)16-19-10-8-17(9-11-19)6-7-18-12-14-20(15-13-18)22(4,5)23/h12-15,17,19,23H,6-11,16H2,1-5H3. The summed E-state index contributed by atoms with van der Waals surface area (Å²) in [5.74, 6) is 1.39. The molecule has 0 amide bonds. The molecule has 1 aliphatic rings. The number of benzene rings is 1. The molecular formula is C22H36O3S. The molecule has 1 N–H and O–H groups in total. The summed E-state index contributed by atoms with van der Waals surface area (Å²) >= 11 is 0. The Labute approximate surface area is 160 Å². The summed E-state index contributed by atoms with van der Waals surface area (Å²) in [6.07, 6.45) is 6.59. The van der Waals surface area contributed by atoms with Crippen molar-refractivity contribution < 1.29 is 13.5 Å². The Morgan fingerprint density at radius 1 is 0.923 bits per heavy atom. The normalized spacial score (nSPS) is 22.4. The van der Waals surface area contributed by atoms with Crippen molar-refractivity contribution in [1.29, 1.82) is 0 Å². The van der Waals surface area contributed by atoms with Crippen LogP contribution in [0.5, 0.6) is 0 Å². The van der Waals surface area contributed by atoms with Gasteiger partial charge in [0.15, 0.2) is 9.84 Å². The Morgan fingerprint density at radius 2 is 1.42 bits per heavy atom. The van der Waals surface area contributed by atoms with Gasteiger partial charge in [-0.25, -0.2) is 8.42 Å². The molecule has 2 rings (SSSR count). The smallest absolute Gasteiger partial charge is 0.155 e. The van der Waals surface area contributed by atoms with Crippen molar-refractivity contribution >= 4 is 9.84 Å². The first kappa shape index (κ1) is 21.4. The fraction of sp³-hybridized carbons (Fsp3) is 0.727. The first-order valence-electron chi connectivity index (χ1n) is 9.92. The van der Waals surface area contributed by atoms with E-state index >= 15 is 0 Å². The Balaban J connectivity index is 1.79. The third-order valence-corrected chi connectivity index (χ3v) is 8.63. The summed E-state index contributed by atoms with van der Waals surface area (Å²) in [6.45, 7) is 9.02. The van der Waals surface area contributed by atoms with E-state index in [4.69, 9.17) is 0 Å². The van der Waals surface area contributed by atoms with Gasteiger partial charge in [-0.1, -0.05) is 37.1 Å². The van der Waals surface area contributed by atoms with Gasteiger partial charge >= 0.3 is 0 Å². The maximum absolute atomic E-state index is 12.4. The molecule has 0 spiro atoms. The maximum atomic E-state index is 12.4. The average Bonchev–Trinajstić information content (AvgIpc) is 2.52. The van der Waals surface area contributed by atoms with E-state index in [9.17, 15) is 13.5 Å². The molecule has 3 nitrogen and oxygen atoms in total. The fourth-order valence-corrected chi connectivity index (χ4v) is 5.15. The zero-order valence-electron chi connectivity index (χ0n) is 17.1. The summed E-state index contributed by atoms with van der Waals surface area (Å²) < 4.78 is 24.1. The van der Waals surface area contributed by atoms with Gasteiger partial charge in [0.05, 0.1) is 16.1 Å². The number of aliphatic hydroxyl groups is 1. The molecule has 0 heterocycles. The molecule has 1 aromatic carbocycles. The summed E-state index contributed by atoms with van der Waals surface area (Å²) in [5, 5.41) is 10.0. The van der Waals surface area contributed by atoms with Gasteiger partial charge in [-0.05, 0) is 83.3 Å². The number of hydrogen-bond donors (Lipinski definition) is 1. The summed E-state index contributed by atoms with van der Waals surface area (Å²) in [4.78, 5) is 0. The minimum Gasteiger partial charge on any atom is -0.386 e. The zero-order chi connectivity index (χ0) is 19.6. The van der Waals surface area contributed by atoms with Gasteiger partial charge in [0.25, 0.3) is 0 Å². The van der Waals surface area contributed by atoms with Gasteiger partial charge in [0.2, 0.25) is 0 Å². The molecule has 0 aromatic heterocycles. The molecule has 0 unspecified atom stereocenters. The summed E-state index contributed by atoms with van der Waals surface area (Å²) in [7, 11) is -3.01. The first-order valence-corrected chi connectivity index (χ1v) is 11.6. The van der Waals surface area contributed by atoms with Crippen LogP contribution in [0.1, 0.15) is 77.8 Å². The molecule has 148 valence electrons. The molecule has 4 heteroatoms. The van der Waals surface area contributed by atoms with Crippen LogP contribution in [0.4, 0.5) is 0 Å². The summed E-state index contributed by atoms with van der Waals surface area (Å²) in [6, 6.07) is 8.27. The van der Waals surface area contributed by atoms with Crippen LogP contribution in [-0.2, 0) is 21.9 Å². The molecule has 1 aromatic rings. The lowest BCUT2D eigenvalue weighted by Crippen LogP contribution is -2.34. The molecule has 0 atom stereocenters. The van der Waals surface area contributed by atoms with E-state index < -0.39 is 20.2 Å². The van der Waals surface area contributed by atoms with Crippen LogP contribution in [0.2, 0.25) is 0 Å². The topological polar surface area (TPSA) is 54.4 Å². The highest BCUT2D eigenvalue weighted by atomic mass is 32.2. The second-order valence-electron chi connectivity index (χ2n) is 9.58. The van der Waals surface area contributed by atoms with Crippen LogP contribution < -0.4 is 0 Å². The molecule has 0 aliphatic heterocycles. The van der Waals surface area contributed by atoms with Gasteiger partial charge in [0, 0.05) is 0 Å². The molecule has 1 aliphatic carbocycles. The van der Waals surface area contributed by atoms with E-state index in [1.807, 2.05) is 12.1 Å². The SMILES string of the molecule is CC(C)(O)c1ccc(CCC2CCC(CS(=O)(=O)C(C)(C)C)CC2)cc1. The molecule has 0 bridgehead atoms. The van der Waals surface area contributed by atoms with E-state index in [1.54, 1.807) is 34.6 Å². The molecule has 0 saturated heterocycles. The van der Waals surface area contributed by atoms with Gasteiger partial charge in [-0.15, -0.1) is 0 Å². The monoisotopic (exact) mass is 380 g/mol. The molecule has 0 radical (unpaired) electrons. The lowest BCUT2D eigenvalue weighted by Gasteiger charge is -2.30. The molecule has 1 fully saturated rings.